The number of sulfonamides is 1. The molecule has 1 fully saturated rings. The summed E-state index contributed by atoms with van der Waals surface area (Å²) < 4.78 is 27.6. The number of carbonyl (C=O) groups is 1. The molecule has 3 rings (SSSR count). The van der Waals surface area contributed by atoms with Crippen molar-refractivity contribution >= 4 is 21.6 Å². The number of aryl methyl sites for hydroxylation is 1. The van der Waals surface area contributed by atoms with Crippen LogP contribution < -0.4 is 10.2 Å². The number of amides is 1. The second kappa shape index (κ2) is 9.41. The topological polar surface area (TPSA) is 69.7 Å². The van der Waals surface area contributed by atoms with Crippen molar-refractivity contribution in [1.82, 2.24) is 9.62 Å². The van der Waals surface area contributed by atoms with Gasteiger partial charge in [-0.25, -0.2) is 8.42 Å². The Balaban J connectivity index is 1.66. The quantitative estimate of drug-likeness (QED) is 0.755. The molecule has 2 aromatic rings. The molecule has 0 saturated carbocycles. The normalized spacial score (nSPS) is 15.1. The number of nitrogens with zero attached hydrogens (tertiary/aromatic N) is 2. The minimum Gasteiger partial charge on any atom is -0.373 e. The number of anilines is 1. The summed E-state index contributed by atoms with van der Waals surface area (Å²) in [6, 6.07) is 14.8. The van der Waals surface area contributed by atoms with Crippen molar-refractivity contribution in [2.24, 2.45) is 0 Å². The van der Waals surface area contributed by atoms with Gasteiger partial charge in [0, 0.05) is 44.5 Å². The molecule has 1 aliphatic heterocycles. The molecule has 0 bridgehead atoms. The Morgan fingerprint density at radius 1 is 1.07 bits per heavy atom. The van der Waals surface area contributed by atoms with Crippen LogP contribution in [0.4, 0.5) is 5.69 Å². The fourth-order valence-electron chi connectivity index (χ4n) is 3.51. The average Bonchev–Trinajstić information content (AvgIpc) is 2.75. The number of hydrogen-bond donors (Lipinski definition) is 1. The van der Waals surface area contributed by atoms with Crippen LogP contribution in [0.1, 0.15) is 35.2 Å². The molecular weight excluding hydrogens is 386 g/mol. The highest BCUT2D eigenvalue weighted by Gasteiger charge is 2.28. The highest BCUT2D eigenvalue weighted by Crippen LogP contribution is 2.24. The molecule has 29 heavy (non-hydrogen) atoms. The van der Waals surface area contributed by atoms with Gasteiger partial charge >= 0.3 is 0 Å². The van der Waals surface area contributed by atoms with Gasteiger partial charge in [0.15, 0.2) is 0 Å². The largest absolute Gasteiger partial charge is 0.373 e. The molecule has 1 heterocycles. The third kappa shape index (κ3) is 5.16. The van der Waals surface area contributed by atoms with Crippen LogP contribution in [0.2, 0.25) is 0 Å². The zero-order chi connectivity index (χ0) is 20.9. The van der Waals surface area contributed by atoms with E-state index in [4.69, 9.17) is 0 Å². The van der Waals surface area contributed by atoms with Crippen LogP contribution in [0, 0.1) is 6.92 Å². The molecular formula is C22H29N3O3S. The van der Waals surface area contributed by atoms with E-state index in [1.165, 1.54) is 10.4 Å². The van der Waals surface area contributed by atoms with Gasteiger partial charge in [-0.2, -0.15) is 4.31 Å². The minimum atomic E-state index is -3.57. The lowest BCUT2D eigenvalue weighted by molar-refractivity contribution is 0.0954. The maximum atomic E-state index is 13.0. The monoisotopic (exact) mass is 415 g/mol. The SMILES string of the molecule is Cc1ccc(C(=O)NCCN(C)c2ccccc2)cc1S(=O)(=O)N1CCCCC1. The number of carbonyl (C=O) groups excluding carboxylic acids is 1. The van der Waals surface area contributed by atoms with Crippen LogP contribution in [0.15, 0.2) is 53.4 Å². The summed E-state index contributed by atoms with van der Waals surface area (Å²) in [5.41, 5.74) is 2.11. The smallest absolute Gasteiger partial charge is 0.251 e. The van der Waals surface area contributed by atoms with Crippen molar-refractivity contribution in [2.45, 2.75) is 31.1 Å². The van der Waals surface area contributed by atoms with E-state index >= 15 is 0 Å². The summed E-state index contributed by atoms with van der Waals surface area (Å²) >= 11 is 0. The van der Waals surface area contributed by atoms with Crippen LogP contribution in [0.3, 0.4) is 0 Å². The zero-order valence-corrected chi connectivity index (χ0v) is 17.9. The predicted molar refractivity (Wildman–Crippen MR) is 116 cm³/mol. The Bertz CT molecular complexity index is 939. The molecule has 7 heteroatoms. The highest BCUT2D eigenvalue weighted by molar-refractivity contribution is 7.89. The number of para-hydroxylation sites is 1. The first-order valence-corrected chi connectivity index (χ1v) is 11.5. The Morgan fingerprint density at radius 3 is 2.45 bits per heavy atom. The van der Waals surface area contributed by atoms with Gasteiger partial charge in [0.1, 0.15) is 0 Å². The maximum Gasteiger partial charge on any atom is 0.251 e. The molecule has 0 unspecified atom stereocenters. The first-order chi connectivity index (χ1) is 13.9. The lowest BCUT2D eigenvalue weighted by Gasteiger charge is -2.26. The van der Waals surface area contributed by atoms with E-state index in [1.54, 1.807) is 19.1 Å². The fraction of sp³-hybridized carbons (Fsp3) is 0.409. The Kier molecular flexibility index (Phi) is 6.92. The van der Waals surface area contributed by atoms with Gasteiger partial charge in [-0.15, -0.1) is 0 Å². The zero-order valence-electron chi connectivity index (χ0n) is 17.1. The van der Waals surface area contributed by atoms with Gasteiger partial charge < -0.3 is 10.2 Å². The molecule has 0 spiro atoms. The summed E-state index contributed by atoms with van der Waals surface area (Å²) in [6.07, 6.45) is 2.83. The van der Waals surface area contributed by atoms with Crippen LogP contribution >= 0.6 is 0 Å². The van der Waals surface area contributed by atoms with Crippen molar-refractivity contribution in [2.75, 3.05) is 38.1 Å². The number of nitrogens with one attached hydrogen (secondary N) is 1. The first kappa shape index (κ1) is 21.3. The van der Waals surface area contributed by atoms with E-state index in [-0.39, 0.29) is 10.8 Å². The summed E-state index contributed by atoms with van der Waals surface area (Å²) in [6.45, 7) is 3.98. The van der Waals surface area contributed by atoms with Crippen molar-refractivity contribution in [3.05, 3.63) is 59.7 Å². The molecule has 1 amide bonds. The van der Waals surface area contributed by atoms with Gasteiger partial charge in [-0.3, -0.25) is 4.79 Å². The van der Waals surface area contributed by atoms with E-state index in [9.17, 15) is 13.2 Å². The van der Waals surface area contributed by atoms with Gasteiger partial charge in [0.2, 0.25) is 10.0 Å². The third-order valence-electron chi connectivity index (χ3n) is 5.31. The lowest BCUT2D eigenvalue weighted by atomic mass is 10.1. The molecule has 0 aliphatic carbocycles. The molecule has 0 radical (unpaired) electrons. The van der Waals surface area contributed by atoms with Gasteiger partial charge in [0.05, 0.1) is 4.90 Å². The predicted octanol–water partition coefficient (Wildman–Crippen LogP) is 3.04. The fourth-order valence-corrected chi connectivity index (χ4v) is 5.28. The molecule has 0 aromatic heterocycles. The van der Waals surface area contributed by atoms with Gasteiger partial charge in [0.25, 0.3) is 5.91 Å². The van der Waals surface area contributed by atoms with E-state index in [0.717, 1.165) is 24.9 Å². The third-order valence-corrected chi connectivity index (χ3v) is 7.35. The molecule has 1 saturated heterocycles. The van der Waals surface area contributed by atoms with Crippen LogP contribution in [-0.2, 0) is 10.0 Å². The van der Waals surface area contributed by atoms with Crippen molar-refractivity contribution in [1.29, 1.82) is 0 Å². The average molecular weight is 416 g/mol. The maximum absolute atomic E-state index is 13.0. The number of hydrogen-bond acceptors (Lipinski definition) is 4. The Hall–Kier alpha value is -2.38. The second-order valence-electron chi connectivity index (χ2n) is 7.46. The molecule has 156 valence electrons. The Labute approximate surface area is 173 Å². The van der Waals surface area contributed by atoms with Crippen LogP contribution in [-0.4, -0.2) is 51.9 Å². The lowest BCUT2D eigenvalue weighted by Crippen LogP contribution is -2.36. The minimum absolute atomic E-state index is 0.230. The van der Waals surface area contributed by atoms with Crippen molar-refractivity contribution < 1.29 is 13.2 Å². The van der Waals surface area contributed by atoms with Crippen molar-refractivity contribution in [3.8, 4) is 0 Å². The van der Waals surface area contributed by atoms with E-state index in [1.807, 2.05) is 37.4 Å². The molecule has 1 aliphatic rings. The number of rotatable bonds is 7. The van der Waals surface area contributed by atoms with Gasteiger partial charge in [-0.05, 0) is 49.6 Å². The van der Waals surface area contributed by atoms with E-state index in [2.05, 4.69) is 10.2 Å². The number of benzene rings is 2. The summed E-state index contributed by atoms with van der Waals surface area (Å²) in [5, 5.41) is 2.89. The molecule has 0 atom stereocenters. The summed E-state index contributed by atoms with van der Waals surface area (Å²) in [7, 11) is -1.60. The molecule has 6 nitrogen and oxygen atoms in total. The summed E-state index contributed by atoms with van der Waals surface area (Å²) in [4.78, 5) is 14.9. The van der Waals surface area contributed by atoms with Gasteiger partial charge in [-0.1, -0.05) is 30.7 Å². The van der Waals surface area contributed by atoms with E-state index in [0.29, 0.717) is 37.3 Å². The standard InChI is InChI=1S/C22H29N3O3S/c1-18-11-12-19(17-21(18)29(27,28)25-14-7-4-8-15-25)22(26)23-13-16-24(2)20-9-5-3-6-10-20/h3,5-6,9-12,17H,4,7-8,13-16H2,1-2H3,(H,23,26). The van der Waals surface area contributed by atoms with Crippen LogP contribution in [0.5, 0.6) is 0 Å². The van der Waals surface area contributed by atoms with Crippen LogP contribution in [0.25, 0.3) is 0 Å². The van der Waals surface area contributed by atoms with Crippen molar-refractivity contribution in [3.63, 3.8) is 0 Å². The van der Waals surface area contributed by atoms with E-state index < -0.39 is 10.0 Å². The number of likely N-dealkylation sites (N-methyl/N-ethyl adjacent to an activating group) is 1. The second-order valence-corrected chi connectivity index (χ2v) is 9.36. The first-order valence-electron chi connectivity index (χ1n) is 10.0. The highest BCUT2D eigenvalue weighted by atomic mass is 32.2. The number of piperidine rings is 1. The Morgan fingerprint density at radius 2 is 1.76 bits per heavy atom. The summed E-state index contributed by atoms with van der Waals surface area (Å²) in [5.74, 6) is -0.262. The molecule has 2 aromatic carbocycles. The molecule has 1 N–H and O–H groups in total.